The molecule has 0 amide bonds. The van der Waals surface area contributed by atoms with Crippen molar-refractivity contribution in [2.24, 2.45) is 0 Å². The molecule has 0 unspecified atom stereocenters. The summed E-state index contributed by atoms with van der Waals surface area (Å²) in [6.45, 7) is 4.57. The zero-order chi connectivity index (χ0) is 17.1. The molecule has 25 heavy (non-hydrogen) atoms. The molecule has 2 N–H and O–H groups in total. The molecule has 0 bridgehead atoms. The lowest BCUT2D eigenvalue weighted by Gasteiger charge is -2.20. The number of rotatable bonds is 5. The molecule has 0 aliphatic carbocycles. The Labute approximate surface area is 150 Å². The minimum absolute atomic E-state index is 0.815. The van der Waals surface area contributed by atoms with Gasteiger partial charge in [-0.05, 0) is 32.0 Å². The van der Waals surface area contributed by atoms with Crippen LogP contribution in [0, 0.1) is 6.92 Å². The number of thiazole rings is 1. The second-order valence-electron chi connectivity index (χ2n) is 6.03. The van der Waals surface area contributed by atoms with Crippen LogP contribution in [0.3, 0.4) is 0 Å². The average Bonchev–Trinajstić information content (AvgIpc) is 3.11. The van der Waals surface area contributed by atoms with E-state index in [1.165, 1.54) is 5.56 Å². The monoisotopic (exact) mass is 352 g/mol. The predicted octanol–water partition coefficient (Wildman–Crippen LogP) is 2.60. The summed E-state index contributed by atoms with van der Waals surface area (Å²) in [5.41, 5.74) is 4.59. The SMILES string of the molecule is Cc1nc2c(c(NCCc3csc(-c4ccncc4)n3)n1)CCNC2. The van der Waals surface area contributed by atoms with Gasteiger partial charge in [-0.2, -0.15) is 0 Å². The molecule has 0 saturated heterocycles. The zero-order valence-electron chi connectivity index (χ0n) is 14.1. The van der Waals surface area contributed by atoms with E-state index in [1.54, 1.807) is 23.7 Å². The summed E-state index contributed by atoms with van der Waals surface area (Å²) in [5, 5.41) is 10.0. The third-order valence-electron chi connectivity index (χ3n) is 4.20. The van der Waals surface area contributed by atoms with E-state index in [-0.39, 0.29) is 0 Å². The smallest absolute Gasteiger partial charge is 0.133 e. The van der Waals surface area contributed by atoms with Crippen molar-refractivity contribution in [1.82, 2.24) is 25.3 Å². The molecule has 128 valence electrons. The highest BCUT2D eigenvalue weighted by atomic mass is 32.1. The number of hydrogen-bond acceptors (Lipinski definition) is 7. The van der Waals surface area contributed by atoms with Gasteiger partial charge in [-0.3, -0.25) is 4.98 Å². The molecule has 0 radical (unpaired) electrons. The van der Waals surface area contributed by atoms with Gasteiger partial charge in [-0.25, -0.2) is 15.0 Å². The highest BCUT2D eigenvalue weighted by molar-refractivity contribution is 7.13. The van der Waals surface area contributed by atoms with E-state index in [4.69, 9.17) is 4.98 Å². The Balaban J connectivity index is 1.42. The lowest BCUT2D eigenvalue weighted by atomic mass is 10.1. The van der Waals surface area contributed by atoms with Crippen molar-refractivity contribution in [3.8, 4) is 10.6 Å². The lowest BCUT2D eigenvalue weighted by Crippen LogP contribution is -2.27. The first-order valence-corrected chi connectivity index (χ1v) is 9.33. The first kappa shape index (κ1) is 16.1. The Morgan fingerprint density at radius 2 is 2.08 bits per heavy atom. The van der Waals surface area contributed by atoms with Gasteiger partial charge in [0.25, 0.3) is 0 Å². The van der Waals surface area contributed by atoms with Gasteiger partial charge in [0.1, 0.15) is 16.6 Å². The van der Waals surface area contributed by atoms with E-state index in [0.717, 1.165) is 66.1 Å². The van der Waals surface area contributed by atoms with Gasteiger partial charge in [0.15, 0.2) is 0 Å². The van der Waals surface area contributed by atoms with E-state index >= 15 is 0 Å². The quantitative estimate of drug-likeness (QED) is 0.735. The molecule has 6 nitrogen and oxygen atoms in total. The standard InChI is InChI=1S/C18H20N6S/c1-12-22-16-10-20-8-5-15(16)17(23-12)21-9-4-14-11-25-18(24-14)13-2-6-19-7-3-13/h2-3,6-7,11,20H,4-5,8-10H2,1H3,(H,21,22,23). The molecule has 0 fully saturated rings. The van der Waals surface area contributed by atoms with Crippen LogP contribution in [-0.4, -0.2) is 33.0 Å². The van der Waals surface area contributed by atoms with E-state index in [1.807, 2.05) is 19.1 Å². The van der Waals surface area contributed by atoms with Gasteiger partial charge in [-0.1, -0.05) is 0 Å². The number of aryl methyl sites for hydroxylation is 1. The summed E-state index contributed by atoms with van der Waals surface area (Å²) in [6.07, 6.45) is 5.44. The molecular formula is C18H20N6S. The van der Waals surface area contributed by atoms with Crippen molar-refractivity contribution in [2.45, 2.75) is 26.3 Å². The second-order valence-corrected chi connectivity index (χ2v) is 6.89. The van der Waals surface area contributed by atoms with Gasteiger partial charge in [0.2, 0.25) is 0 Å². The fourth-order valence-corrected chi connectivity index (χ4v) is 3.85. The van der Waals surface area contributed by atoms with E-state index in [9.17, 15) is 0 Å². The summed E-state index contributed by atoms with van der Waals surface area (Å²) in [6, 6.07) is 3.98. The van der Waals surface area contributed by atoms with E-state index < -0.39 is 0 Å². The molecule has 3 aromatic rings. The van der Waals surface area contributed by atoms with Crippen molar-refractivity contribution in [3.05, 3.63) is 52.7 Å². The maximum atomic E-state index is 4.72. The molecule has 7 heteroatoms. The number of aromatic nitrogens is 4. The molecule has 0 aromatic carbocycles. The summed E-state index contributed by atoms with van der Waals surface area (Å²) in [4.78, 5) is 17.9. The molecule has 1 aliphatic rings. The van der Waals surface area contributed by atoms with Crippen LogP contribution in [0.15, 0.2) is 29.9 Å². The number of anilines is 1. The first-order valence-electron chi connectivity index (χ1n) is 8.45. The highest BCUT2D eigenvalue weighted by Crippen LogP contribution is 2.23. The van der Waals surface area contributed by atoms with Crippen LogP contribution < -0.4 is 10.6 Å². The zero-order valence-corrected chi connectivity index (χ0v) is 14.9. The van der Waals surface area contributed by atoms with E-state index in [2.05, 4.69) is 31.0 Å². The van der Waals surface area contributed by atoms with Gasteiger partial charge in [0, 0.05) is 48.4 Å². The van der Waals surface area contributed by atoms with Crippen LogP contribution in [0.5, 0.6) is 0 Å². The number of hydrogen-bond donors (Lipinski definition) is 2. The van der Waals surface area contributed by atoms with Crippen molar-refractivity contribution in [1.29, 1.82) is 0 Å². The predicted molar refractivity (Wildman–Crippen MR) is 99.7 cm³/mol. The largest absolute Gasteiger partial charge is 0.369 e. The van der Waals surface area contributed by atoms with Crippen LogP contribution in [-0.2, 0) is 19.4 Å². The van der Waals surface area contributed by atoms with Crippen molar-refractivity contribution in [3.63, 3.8) is 0 Å². The van der Waals surface area contributed by atoms with Crippen LogP contribution >= 0.6 is 11.3 Å². The normalized spacial score (nSPS) is 13.5. The van der Waals surface area contributed by atoms with Crippen LogP contribution in [0.1, 0.15) is 22.8 Å². The Morgan fingerprint density at radius 1 is 1.20 bits per heavy atom. The minimum atomic E-state index is 0.815. The summed E-state index contributed by atoms with van der Waals surface area (Å²) < 4.78 is 0. The minimum Gasteiger partial charge on any atom is -0.369 e. The van der Waals surface area contributed by atoms with Crippen molar-refractivity contribution >= 4 is 17.2 Å². The van der Waals surface area contributed by atoms with Crippen LogP contribution in [0.4, 0.5) is 5.82 Å². The molecular weight excluding hydrogens is 332 g/mol. The van der Waals surface area contributed by atoms with Crippen molar-refractivity contribution in [2.75, 3.05) is 18.4 Å². The van der Waals surface area contributed by atoms with Crippen molar-refractivity contribution < 1.29 is 0 Å². The van der Waals surface area contributed by atoms with E-state index in [0.29, 0.717) is 0 Å². The summed E-state index contributed by atoms with van der Waals surface area (Å²) >= 11 is 1.67. The number of fused-ring (bicyclic) bond motifs is 1. The average molecular weight is 352 g/mol. The fraction of sp³-hybridized carbons (Fsp3) is 0.333. The first-order chi connectivity index (χ1) is 12.3. The van der Waals surface area contributed by atoms with Gasteiger partial charge in [-0.15, -0.1) is 11.3 Å². The summed E-state index contributed by atoms with van der Waals surface area (Å²) in [7, 11) is 0. The van der Waals surface area contributed by atoms with Gasteiger partial charge >= 0.3 is 0 Å². The number of pyridine rings is 1. The Kier molecular flexibility index (Phi) is 4.67. The Hall–Kier alpha value is -2.38. The number of nitrogens with zero attached hydrogens (tertiary/aromatic N) is 4. The van der Waals surface area contributed by atoms with Gasteiger partial charge in [0.05, 0.1) is 11.4 Å². The third-order valence-corrected chi connectivity index (χ3v) is 5.14. The molecule has 4 rings (SSSR count). The molecule has 0 atom stereocenters. The third kappa shape index (κ3) is 3.67. The molecule has 1 aliphatic heterocycles. The second kappa shape index (κ2) is 7.25. The molecule has 0 spiro atoms. The maximum Gasteiger partial charge on any atom is 0.133 e. The Morgan fingerprint density at radius 3 is 2.96 bits per heavy atom. The number of nitrogens with one attached hydrogen (secondary N) is 2. The maximum absolute atomic E-state index is 4.72. The fourth-order valence-electron chi connectivity index (χ4n) is 2.99. The Bertz CT molecular complexity index is 861. The summed E-state index contributed by atoms with van der Waals surface area (Å²) in [5.74, 6) is 1.80. The van der Waals surface area contributed by atoms with Gasteiger partial charge < -0.3 is 10.6 Å². The topological polar surface area (TPSA) is 75.6 Å². The van der Waals surface area contributed by atoms with Crippen LogP contribution in [0.2, 0.25) is 0 Å². The molecule has 0 saturated carbocycles. The van der Waals surface area contributed by atoms with Crippen LogP contribution in [0.25, 0.3) is 10.6 Å². The molecule has 3 aromatic heterocycles. The highest BCUT2D eigenvalue weighted by Gasteiger charge is 2.16. The molecule has 4 heterocycles. The lowest BCUT2D eigenvalue weighted by molar-refractivity contribution is 0.621.